The summed E-state index contributed by atoms with van der Waals surface area (Å²) in [5.74, 6) is 1.70. The fourth-order valence-corrected chi connectivity index (χ4v) is 6.08. The Labute approximate surface area is 137 Å². The van der Waals surface area contributed by atoms with E-state index in [1.165, 1.54) is 25.7 Å². The third kappa shape index (κ3) is 3.38. The van der Waals surface area contributed by atoms with E-state index in [0.717, 1.165) is 31.6 Å². The number of hydrogen-bond donors (Lipinski definition) is 2. The summed E-state index contributed by atoms with van der Waals surface area (Å²) in [5, 5.41) is 20.2. The van der Waals surface area contributed by atoms with Crippen LogP contribution in [0, 0.1) is 28.6 Å². The van der Waals surface area contributed by atoms with Crippen LogP contribution in [0.2, 0.25) is 0 Å². The van der Waals surface area contributed by atoms with E-state index in [0.29, 0.717) is 17.3 Å². The third-order valence-corrected chi connectivity index (χ3v) is 7.33. The molecular formula is C20H38O2. The van der Waals surface area contributed by atoms with Crippen molar-refractivity contribution in [1.29, 1.82) is 0 Å². The second kappa shape index (κ2) is 6.43. The number of aliphatic hydroxyl groups excluding tert-OH is 1. The van der Waals surface area contributed by atoms with Gasteiger partial charge >= 0.3 is 0 Å². The van der Waals surface area contributed by atoms with Gasteiger partial charge in [-0.15, -0.1) is 0 Å². The zero-order valence-electron chi connectivity index (χ0n) is 15.5. The Balaban J connectivity index is 2.19. The molecule has 2 N–H and O–H groups in total. The van der Waals surface area contributed by atoms with Gasteiger partial charge in [0.05, 0.1) is 5.60 Å². The molecule has 0 aromatic carbocycles. The molecule has 2 nitrogen and oxygen atoms in total. The van der Waals surface area contributed by atoms with E-state index in [1.54, 1.807) is 0 Å². The van der Waals surface area contributed by atoms with Crippen molar-refractivity contribution in [3.8, 4) is 0 Å². The van der Waals surface area contributed by atoms with Crippen LogP contribution >= 0.6 is 0 Å². The highest BCUT2D eigenvalue weighted by Crippen LogP contribution is 2.63. The molecule has 130 valence electrons. The van der Waals surface area contributed by atoms with Crippen LogP contribution in [0.1, 0.15) is 86.0 Å². The fraction of sp³-hybridized carbons (Fsp3) is 1.00. The number of hydrogen-bond acceptors (Lipinski definition) is 2. The first kappa shape index (κ1) is 18.3. The monoisotopic (exact) mass is 310 g/mol. The van der Waals surface area contributed by atoms with Crippen LogP contribution in [0.5, 0.6) is 0 Å². The highest BCUT2D eigenvalue weighted by atomic mass is 16.3. The van der Waals surface area contributed by atoms with Crippen LogP contribution in [-0.2, 0) is 0 Å². The van der Waals surface area contributed by atoms with E-state index in [-0.39, 0.29) is 12.0 Å². The maximum Gasteiger partial charge on any atom is 0.0653 e. The molecule has 2 aliphatic rings. The van der Waals surface area contributed by atoms with Crippen LogP contribution in [0.4, 0.5) is 0 Å². The first-order valence-corrected chi connectivity index (χ1v) is 9.47. The topological polar surface area (TPSA) is 40.5 Å². The molecule has 2 rings (SSSR count). The minimum absolute atomic E-state index is 0.280. The van der Waals surface area contributed by atoms with Crippen LogP contribution < -0.4 is 0 Å². The Bertz CT molecular complexity index is 374. The molecule has 2 saturated carbocycles. The van der Waals surface area contributed by atoms with E-state index in [4.69, 9.17) is 5.11 Å². The SMILES string of the molecule is C[C@@H](CCO)CC[C@@H]1[C@@]2(C)CCCC(C)(C)[C@@H]2CC[C@@]1(C)O. The molecule has 0 unspecified atom stereocenters. The minimum atomic E-state index is -0.516. The average Bonchev–Trinajstić information content (AvgIpc) is 2.36. The molecule has 0 aromatic rings. The van der Waals surface area contributed by atoms with Gasteiger partial charge in [-0.2, -0.15) is 0 Å². The lowest BCUT2D eigenvalue weighted by molar-refractivity contribution is -0.170. The van der Waals surface area contributed by atoms with Gasteiger partial charge in [-0.1, -0.05) is 40.5 Å². The van der Waals surface area contributed by atoms with Gasteiger partial charge in [-0.05, 0) is 74.0 Å². The van der Waals surface area contributed by atoms with Crippen molar-refractivity contribution in [3.63, 3.8) is 0 Å². The van der Waals surface area contributed by atoms with Crippen molar-refractivity contribution in [2.45, 2.75) is 91.6 Å². The highest BCUT2D eigenvalue weighted by molar-refractivity contribution is 5.07. The van der Waals surface area contributed by atoms with E-state index in [1.807, 2.05) is 0 Å². The summed E-state index contributed by atoms with van der Waals surface area (Å²) in [7, 11) is 0. The molecule has 0 aromatic heterocycles. The average molecular weight is 311 g/mol. The minimum Gasteiger partial charge on any atom is -0.396 e. The second-order valence-corrected chi connectivity index (χ2v) is 9.54. The molecule has 2 aliphatic carbocycles. The zero-order valence-corrected chi connectivity index (χ0v) is 15.5. The maximum absolute atomic E-state index is 11.1. The number of rotatable bonds is 5. The molecule has 0 radical (unpaired) electrons. The quantitative estimate of drug-likeness (QED) is 0.767. The van der Waals surface area contributed by atoms with Gasteiger partial charge in [0, 0.05) is 6.61 Å². The summed E-state index contributed by atoms with van der Waals surface area (Å²) >= 11 is 0. The van der Waals surface area contributed by atoms with Crippen molar-refractivity contribution in [2.24, 2.45) is 28.6 Å². The molecule has 5 atom stereocenters. The van der Waals surface area contributed by atoms with Gasteiger partial charge in [-0.3, -0.25) is 0 Å². The van der Waals surface area contributed by atoms with E-state index < -0.39 is 5.60 Å². The molecule has 2 fully saturated rings. The van der Waals surface area contributed by atoms with E-state index in [9.17, 15) is 5.11 Å². The molecule has 0 aliphatic heterocycles. The van der Waals surface area contributed by atoms with Gasteiger partial charge in [0.2, 0.25) is 0 Å². The normalized spacial score (nSPS) is 42.7. The van der Waals surface area contributed by atoms with Gasteiger partial charge in [0.15, 0.2) is 0 Å². The molecule has 22 heavy (non-hydrogen) atoms. The first-order chi connectivity index (χ1) is 10.1. The highest BCUT2D eigenvalue weighted by Gasteiger charge is 2.57. The van der Waals surface area contributed by atoms with Crippen LogP contribution in [-0.4, -0.2) is 22.4 Å². The Morgan fingerprint density at radius 2 is 1.73 bits per heavy atom. The second-order valence-electron chi connectivity index (χ2n) is 9.54. The largest absolute Gasteiger partial charge is 0.396 e. The van der Waals surface area contributed by atoms with Gasteiger partial charge in [0.1, 0.15) is 0 Å². The van der Waals surface area contributed by atoms with Gasteiger partial charge < -0.3 is 10.2 Å². The van der Waals surface area contributed by atoms with Crippen LogP contribution in [0.3, 0.4) is 0 Å². The third-order valence-electron chi connectivity index (χ3n) is 7.33. The Morgan fingerprint density at radius 3 is 2.36 bits per heavy atom. The van der Waals surface area contributed by atoms with Gasteiger partial charge in [0.25, 0.3) is 0 Å². The molecule has 0 heterocycles. The summed E-state index contributed by atoms with van der Waals surface area (Å²) in [4.78, 5) is 0. The van der Waals surface area contributed by atoms with Crippen molar-refractivity contribution in [3.05, 3.63) is 0 Å². The summed E-state index contributed by atoms with van der Waals surface area (Å²) in [6, 6.07) is 0. The molecule has 0 amide bonds. The lowest BCUT2D eigenvalue weighted by Crippen LogP contribution is -2.57. The summed E-state index contributed by atoms with van der Waals surface area (Å²) in [5.41, 5.74) is 0.179. The predicted molar refractivity (Wildman–Crippen MR) is 92.7 cm³/mol. The summed E-state index contributed by atoms with van der Waals surface area (Å²) < 4.78 is 0. The van der Waals surface area contributed by atoms with Crippen molar-refractivity contribution in [2.75, 3.05) is 6.61 Å². The molecule has 2 heteroatoms. The Kier molecular flexibility index (Phi) is 5.34. The van der Waals surface area contributed by atoms with Gasteiger partial charge in [-0.25, -0.2) is 0 Å². The van der Waals surface area contributed by atoms with Crippen molar-refractivity contribution in [1.82, 2.24) is 0 Å². The Hall–Kier alpha value is -0.0800. The first-order valence-electron chi connectivity index (χ1n) is 9.47. The standard InChI is InChI=1S/C20H38O2/c1-15(10-14-21)7-8-17-19(4)12-6-11-18(2,3)16(19)9-13-20(17,5)22/h15-17,21-22H,6-14H2,1-5H3/t15-,16+,17-,19+,20-/m1/s1. The molecule has 0 bridgehead atoms. The lowest BCUT2D eigenvalue weighted by Gasteiger charge is -2.61. The smallest absolute Gasteiger partial charge is 0.0653 e. The molecule has 0 saturated heterocycles. The van der Waals surface area contributed by atoms with E-state index >= 15 is 0 Å². The van der Waals surface area contributed by atoms with E-state index in [2.05, 4.69) is 34.6 Å². The Morgan fingerprint density at radius 1 is 1.05 bits per heavy atom. The maximum atomic E-state index is 11.1. The zero-order chi connectivity index (χ0) is 16.6. The van der Waals surface area contributed by atoms with Crippen LogP contribution in [0.15, 0.2) is 0 Å². The predicted octanol–water partition coefficient (Wildman–Crippen LogP) is 4.78. The number of fused-ring (bicyclic) bond motifs is 1. The number of aliphatic hydroxyl groups is 2. The molecular weight excluding hydrogens is 272 g/mol. The van der Waals surface area contributed by atoms with Crippen LogP contribution in [0.25, 0.3) is 0 Å². The molecule has 0 spiro atoms. The summed E-state index contributed by atoms with van der Waals surface area (Å²) in [6.45, 7) is 12.0. The fourth-order valence-electron chi connectivity index (χ4n) is 6.08. The summed E-state index contributed by atoms with van der Waals surface area (Å²) in [6.07, 6.45) is 9.18. The lowest BCUT2D eigenvalue weighted by atomic mass is 9.45. The van der Waals surface area contributed by atoms with Crippen molar-refractivity contribution < 1.29 is 10.2 Å². The van der Waals surface area contributed by atoms with Crippen molar-refractivity contribution >= 4 is 0 Å².